The second kappa shape index (κ2) is 9.18. The van der Waals surface area contributed by atoms with Crippen LogP contribution in [-0.2, 0) is 0 Å². The van der Waals surface area contributed by atoms with Crippen molar-refractivity contribution >= 4 is 11.8 Å². The quantitative estimate of drug-likeness (QED) is 0.687. The Morgan fingerprint density at radius 1 is 1.19 bits per heavy atom. The van der Waals surface area contributed by atoms with Crippen LogP contribution in [0.4, 0.5) is 0 Å². The number of rotatable bonds is 9. The van der Waals surface area contributed by atoms with Crippen LogP contribution < -0.4 is 14.8 Å². The van der Waals surface area contributed by atoms with Crippen LogP contribution in [0.15, 0.2) is 18.2 Å². The Labute approximate surface area is 131 Å². The number of hydrogen-bond donors (Lipinski definition) is 2. The highest BCUT2D eigenvalue weighted by Gasteiger charge is 2.15. The van der Waals surface area contributed by atoms with Gasteiger partial charge in [-0.1, -0.05) is 12.5 Å². The van der Waals surface area contributed by atoms with E-state index in [0.29, 0.717) is 19.8 Å². The van der Waals surface area contributed by atoms with Crippen molar-refractivity contribution in [1.29, 1.82) is 0 Å². The molecule has 1 aromatic rings. The molecule has 0 radical (unpaired) electrons. The summed E-state index contributed by atoms with van der Waals surface area (Å²) in [6.07, 6.45) is 5.31. The van der Waals surface area contributed by atoms with E-state index in [1.54, 1.807) is 0 Å². The summed E-state index contributed by atoms with van der Waals surface area (Å²) in [5.74, 6) is 2.73. The zero-order valence-electron chi connectivity index (χ0n) is 12.6. The first kappa shape index (κ1) is 16.5. The Balaban J connectivity index is 1.69. The molecule has 0 aliphatic carbocycles. The molecule has 0 spiro atoms. The fourth-order valence-electron chi connectivity index (χ4n) is 2.30. The average Bonchev–Trinajstić information content (AvgIpc) is 2.53. The topological polar surface area (TPSA) is 50.7 Å². The molecule has 5 heteroatoms. The van der Waals surface area contributed by atoms with Crippen molar-refractivity contribution in [2.24, 2.45) is 0 Å². The number of benzene rings is 1. The molecule has 0 aromatic heterocycles. The number of unbranched alkanes of at least 4 members (excludes halogenated alkanes) is 2. The second-order valence-corrected chi connectivity index (χ2v) is 6.16. The summed E-state index contributed by atoms with van der Waals surface area (Å²) < 4.78 is 11.0. The molecular weight excluding hydrogens is 286 g/mol. The fraction of sp³-hybridized carbons (Fsp3) is 0.625. The van der Waals surface area contributed by atoms with Crippen LogP contribution in [0.5, 0.6) is 11.5 Å². The molecule has 0 amide bonds. The summed E-state index contributed by atoms with van der Waals surface area (Å²) >= 11 is 1.90. The van der Waals surface area contributed by atoms with Crippen LogP contribution in [0.1, 0.15) is 30.9 Å². The highest BCUT2D eigenvalue weighted by atomic mass is 32.2. The number of aliphatic hydroxyl groups is 1. The Morgan fingerprint density at radius 3 is 2.81 bits per heavy atom. The third-order valence-electron chi connectivity index (χ3n) is 3.49. The molecule has 0 bridgehead atoms. The fourth-order valence-corrected chi connectivity index (χ4v) is 2.79. The number of aliphatic hydroxyl groups excluding tert-OH is 1. The van der Waals surface area contributed by atoms with Crippen molar-refractivity contribution in [2.45, 2.75) is 25.4 Å². The van der Waals surface area contributed by atoms with E-state index in [4.69, 9.17) is 9.47 Å². The van der Waals surface area contributed by atoms with Crippen LogP contribution in [0, 0.1) is 0 Å². The van der Waals surface area contributed by atoms with Crippen molar-refractivity contribution < 1.29 is 14.6 Å². The highest BCUT2D eigenvalue weighted by molar-refractivity contribution is 7.98. The molecule has 2 rings (SSSR count). The van der Waals surface area contributed by atoms with Crippen molar-refractivity contribution in [3.05, 3.63) is 23.8 Å². The van der Waals surface area contributed by atoms with Gasteiger partial charge in [-0.2, -0.15) is 11.8 Å². The summed E-state index contributed by atoms with van der Waals surface area (Å²) in [5.41, 5.74) is 0.870. The second-order valence-electron chi connectivity index (χ2n) is 5.18. The SMILES string of the molecule is CSCCCCCNCC(O)c1ccc2c(c1)OCCO2. The van der Waals surface area contributed by atoms with Gasteiger partial charge in [-0.25, -0.2) is 0 Å². The smallest absolute Gasteiger partial charge is 0.161 e. The maximum atomic E-state index is 10.2. The number of ether oxygens (including phenoxy) is 2. The lowest BCUT2D eigenvalue weighted by atomic mass is 10.1. The van der Waals surface area contributed by atoms with Crippen LogP contribution >= 0.6 is 11.8 Å². The van der Waals surface area contributed by atoms with Gasteiger partial charge >= 0.3 is 0 Å². The van der Waals surface area contributed by atoms with Crippen molar-refractivity contribution in [3.63, 3.8) is 0 Å². The minimum Gasteiger partial charge on any atom is -0.486 e. The highest BCUT2D eigenvalue weighted by Crippen LogP contribution is 2.32. The lowest BCUT2D eigenvalue weighted by Crippen LogP contribution is -2.23. The van der Waals surface area contributed by atoms with Crippen LogP contribution in [0.2, 0.25) is 0 Å². The predicted octanol–water partition coefficient (Wildman–Crippen LogP) is 2.61. The van der Waals surface area contributed by atoms with E-state index in [0.717, 1.165) is 30.0 Å². The number of hydrogen-bond acceptors (Lipinski definition) is 5. The predicted molar refractivity (Wildman–Crippen MR) is 87.5 cm³/mol. The molecule has 4 nitrogen and oxygen atoms in total. The molecule has 1 aromatic carbocycles. The number of nitrogens with one attached hydrogen (secondary N) is 1. The van der Waals surface area contributed by atoms with Gasteiger partial charge in [0.1, 0.15) is 13.2 Å². The van der Waals surface area contributed by atoms with Crippen LogP contribution in [0.25, 0.3) is 0 Å². The zero-order valence-corrected chi connectivity index (χ0v) is 13.5. The van der Waals surface area contributed by atoms with E-state index in [-0.39, 0.29) is 0 Å². The van der Waals surface area contributed by atoms with E-state index < -0.39 is 6.10 Å². The molecule has 0 saturated carbocycles. The van der Waals surface area contributed by atoms with Crippen molar-refractivity contribution in [1.82, 2.24) is 5.32 Å². The Hall–Kier alpha value is -0.910. The molecule has 1 unspecified atom stereocenters. The Bertz CT molecular complexity index is 428. The maximum Gasteiger partial charge on any atom is 0.161 e. The van der Waals surface area contributed by atoms with Gasteiger partial charge in [-0.15, -0.1) is 0 Å². The van der Waals surface area contributed by atoms with Gasteiger partial charge in [0.15, 0.2) is 11.5 Å². The normalized spacial score (nSPS) is 15.0. The van der Waals surface area contributed by atoms with Gasteiger partial charge in [0.05, 0.1) is 6.10 Å². The Morgan fingerprint density at radius 2 is 2.00 bits per heavy atom. The summed E-state index contributed by atoms with van der Waals surface area (Å²) in [7, 11) is 0. The van der Waals surface area contributed by atoms with Gasteiger partial charge in [0.2, 0.25) is 0 Å². The molecule has 118 valence electrons. The third kappa shape index (κ3) is 5.41. The lowest BCUT2D eigenvalue weighted by Gasteiger charge is -2.20. The maximum absolute atomic E-state index is 10.2. The molecule has 1 atom stereocenters. The van der Waals surface area contributed by atoms with E-state index in [2.05, 4.69) is 11.6 Å². The minimum atomic E-state index is -0.507. The first-order valence-corrected chi connectivity index (χ1v) is 8.98. The van der Waals surface area contributed by atoms with Gasteiger partial charge in [-0.3, -0.25) is 0 Å². The molecule has 21 heavy (non-hydrogen) atoms. The number of thioether (sulfide) groups is 1. The van der Waals surface area contributed by atoms with Gasteiger partial charge in [-0.05, 0) is 49.1 Å². The first-order valence-electron chi connectivity index (χ1n) is 7.58. The van der Waals surface area contributed by atoms with Crippen LogP contribution in [-0.4, -0.2) is 43.4 Å². The van der Waals surface area contributed by atoms with E-state index >= 15 is 0 Å². The monoisotopic (exact) mass is 311 g/mol. The summed E-state index contributed by atoms with van der Waals surface area (Å²) in [6, 6.07) is 5.65. The molecule has 1 aliphatic heterocycles. The molecule has 0 fully saturated rings. The molecule has 2 N–H and O–H groups in total. The van der Waals surface area contributed by atoms with Gasteiger partial charge < -0.3 is 19.9 Å². The largest absolute Gasteiger partial charge is 0.486 e. The van der Waals surface area contributed by atoms with Gasteiger partial charge in [0, 0.05) is 6.54 Å². The summed E-state index contributed by atoms with van der Waals surface area (Å²) in [4.78, 5) is 0. The Kier molecular flexibility index (Phi) is 7.19. The van der Waals surface area contributed by atoms with Gasteiger partial charge in [0.25, 0.3) is 0 Å². The molecule has 1 aliphatic rings. The van der Waals surface area contributed by atoms with E-state index in [1.165, 1.54) is 18.6 Å². The standard InChI is InChI=1S/C16H25NO3S/c1-21-10-4-2-3-7-17-12-14(18)13-5-6-15-16(11-13)20-9-8-19-15/h5-6,11,14,17-18H,2-4,7-10,12H2,1H3. The lowest BCUT2D eigenvalue weighted by molar-refractivity contribution is 0.163. The van der Waals surface area contributed by atoms with Crippen LogP contribution in [0.3, 0.4) is 0 Å². The molecular formula is C16H25NO3S. The van der Waals surface area contributed by atoms with Crippen molar-refractivity contribution in [3.8, 4) is 11.5 Å². The zero-order chi connectivity index (χ0) is 14.9. The average molecular weight is 311 g/mol. The van der Waals surface area contributed by atoms with Crippen molar-refractivity contribution in [2.75, 3.05) is 38.3 Å². The molecule has 0 saturated heterocycles. The van der Waals surface area contributed by atoms with E-state index in [9.17, 15) is 5.11 Å². The minimum absolute atomic E-state index is 0.507. The summed E-state index contributed by atoms with van der Waals surface area (Å²) in [6.45, 7) is 2.69. The summed E-state index contributed by atoms with van der Waals surface area (Å²) in [5, 5.41) is 13.5. The first-order chi connectivity index (χ1) is 10.3. The third-order valence-corrected chi connectivity index (χ3v) is 4.19. The van der Waals surface area contributed by atoms with E-state index in [1.807, 2.05) is 30.0 Å². The number of fused-ring (bicyclic) bond motifs is 1. The molecule has 1 heterocycles.